The number of benzene rings is 1. The van der Waals surface area contributed by atoms with E-state index in [1.807, 2.05) is 0 Å². The normalized spacial score (nSPS) is 11.0. The number of rotatable bonds is 4. The van der Waals surface area contributed by atoms with Gasteiger partial charge in [0.15, 0.2) is 0 Å². The predicted octanol–water partition coefficient (Wildman–Crippen LogP) is 1.69. The minimum atomic E-state index is -4.65. The Morgan fingerprint density at radius 3 is 2.63 bits per heavy atom. The molecule has 0 radical (unpaired) electrons. The number of nitrogens with one attached hydrogen (secondary N) is 1. The minimum Gasteiger partial charge on any atom is -0.395 e. The third-order valence-corrected chi connectivity index (χ3v) is 3.17. The van der Waals surface area contributed by atoms with Gasteiger partial charge < -0.3 is 5.11 Å². The number of aliphatic hydroxyl groups excluding tert-OH is 1. The molecule has 0 saturated carbocycles. The standard InChI is InChI=1S/C12H13F2NO3S/c1-9-8-11(15-19(17,18)12(13)14)6-5-10(9)4-2-3-7-16/h5-6,8,12,15-16H,3,7H2,1H3. The van der Waals surface area contributed by atoms with Crippen LogP contribution in [0, 0.1) is 18.8 Å². The lowest BCUT2D eigenvalue weighted by Crippen LogP contribution is -2.20. The molecule has 0 atom stereocenters. The van der Waals surface area contributed by atoms with Crippen LogP contribution in [0.15, 0.2) is 18.2 Å². The van der Waals surface area contributed by atoms with E-state index in [1.54, 1.807) is 11.6 Å². The zero-order chi connectivity index (χ0) is 14.5. The van der Waals surface area contributed by atoms with Crippen LogP contribution < -0.4 is 4.72 Å². The van der Waals surface area contributed by atoms with Crippen molar-refractivity contribution in [3.8, 4) is 11.8 Å². The topological polar surface area (TPSA) is 66.4 Å². The molecule has 1 aromatic rings. The molecule has 7 heteroatoms. The largest absolute Gasteiger partial charge is 0.395 e. The predicted molar refractivity (Wildman–Crippen MR) is 68.3 cm³/mol. The lowest BCUT2D eigenvalue weighted by Gasteiger charge is -2.08. The molecule has 0 heterocycles. The Bertz CT molecular complexity index is 603. The molecule has 0 unspecified atom stereocenters. The third kappa shape index (κ3) is 4.50. The molecular weight excluding hydrogens is 276 g/mol. The summed E-state index contributed by atoms with van der Waals surface area (Å²) in [4.78, 5) is 0. The van der Waals surface area contributed by atoms with Crippen molar-refractivity contribution >= 4 is 15.7 Å². The van der Waals surface area contributed by atoms with Gasteiger partial charge in [-0.15, -0.1) is 0 Å². The van der Waals surface area contributed by atoms with E-state index < -0.39 is 15.8 Å². The van der Waals surface area contributed by atoms with Crippen molar-refractivity contribution < 1.29 is 22.3 Å². The van der Waals surface area contributed by atoms with Gasteiger partial charge in [-0.2, -0.15) is 8.78 Å². The summed E-state index contributed by atoms with van der Waals surface area (Å²) in [6.07, 6.45) is 0.333. The molecule has 1 rings (SSSR count). The second-order valence-electron chi connectivity index (χ2n) is 3.71. The van der Waals surface area contributed by atoms with Crippen LogP contribution in [0.2, 0.25) is 0 Å². The minimum absolute atomic E-state index is 0.0433. The highest BCUT2D eigenvalue weighted by molar-refractivity contribution is 7.93. The number of halogens is 2. The SMILES string of the molecule is Cc1cc(NS(=O)(=O)C(F)F)ccc1C#CCCO. The van der Waals surface area contributed by atoms with E-state index in [-0.39, 0.29) is 12.3 Å². The number of anilines is 1. The molecule has 0 fully saturated rings. The molecule has 19 heavy (non-hydrogen) atoms. The fourth-order valence-corrected chi connectivity index (χ4v) is 1.83. The van der Waals surface area contributed by atoms with Gasteiger partial charge >= 0.3 is 5.76 Å². The van der Waals surface area contributed by atoms with E-state index in [4.69, 9.17) is 5.11 Å². The van der Waals surface area contributed by atoms with Gasteiger partial charge in [-0.25, -0.2) is 8.42 Å². The summed E-state index contributed by atoms with van der Waals surface area (Å²) in [7, 11) is -4.65. The van der Waals surface area contributed by atoms with Crippen LogP contribution in [0.5, 0.6) is 0 Å². The Morgan fingerprint density at radius 1 is 1.42 bits per heavy atom. The van der Waals surface area contributed by atoms with Crippen molar-refractivity contribution in [2.75, 3.05) is 11.3 Å². The molecule has 0 bridgehead atoms. The molecule has 0 aliphatic carbocycles. The highest BCUT2D eigenvalue weighted by Crippen LogP contribution is 2.17. The molecule has 1 aromatic carbocycles. The lowest BCUT2D eigenvalue weighted by molar-refractivity contribution is 0.236. The Hall–Kier alpha value is -1.65. The van der Waals surface area contributed by atoms with Crippen LogP contribution >= 0.6 is 0 Å². The molecule has 0 amide bonds. The van der Waals surface area contributed by atoms with Gasteiger partial charge in [0, 0.05) is 17.7 Å². The molecule has 0 spiro atoms. The van der Waals surface area contributed by atoms with Gasteiger partial charge in [-0.3, -0.25) is 4.72 Å². The fraction of sp³-hybridized carbons (Fsp3) is 0.333. The smallest absolute Gasteiger partial charge is 0.355 e. The Labute approximate surface area is 110 Å². The highest BCUT2D eigenvalue weighted by atomic mass is 32.2. The van der Waals surface area contributed by atoms with Crippen molar-refractivity contribution in [3.05, 3.63) is 29.3 Å². The maximum absolute atomic E-state index is 12.2. The van der Waals surface area contributed by atoms with Crippen LogP contribution in [0.1, 0.15) is 17.5 Å². The van der Waals surface area contributed by atoms with Gasteiger partial charge in [0.1, 0.15) is 0 Å². The summed E-state index contributed by atoms with van der Waals surface area (Å²) in [6.45, 7) is 1.64. The average Bonchev–Trinajstić information content (AvgIpc) is 2.31. The van der Waals surface area contributed by atoms with Crippen LogP contribution in [-0.2, 0) is 10.0 Å². The Balaban J connectivity index is 2.93. The first kappa shape index (κ1) is 15.4. The molecule has 0 aliphatic rings. The average molecular weight is 289 g/mol. The summed E-state index contributed by atoms with van der Waals surface area (Å²) in [5.41, 5.74) is 1.36. The van der Waals surface area contributed by atoms with Crippen molar-refractivity contribution in [2.24, 2.45) is 0 Å². The number of hydrogen-bond acceptors (Lipinski definition) is 3. The van der Waals surface area contributed by atoms with E-state index in [2.05, 4.69) is 11.8 Å². The number of alkyl halides is 2. The van der Waals surface area contributed by atoms with Crippen molar-refractivity contribution in [2.45, 2.75) is 19.1 Å². The maximum atomic E-state index is 12.2. The molecule has 0 aromatic heterocycles. The fourth-order valence-electron chi connectivity index (χ4n) is 1.29. The third-order valence-electron chi connectivity index (χ3n) is 2.18. The van der Waals surface area contributed by atoms with Crippen LogP contribution in [0.4, 0.5) is 14.5 Å². The highest BCUT2D eigenvalue weighted by Gasteiger charge is 2.23. The molecule has 104 valence electrons. The number of aliphatic hydroxyl groups is 1. The molecule has 4 nitrogen and oxygen atoms in total. The summed E-state index contributed by atoms with van der Waals surface area (Å²) in [5, 5.41) is 8.59. The van der Waals surface area contributed by atoms with Gasteiger partial charge in [0.2, 0.25) is 0 Å². The number of hydrogen-bond donors (Lipinski definition) is 2. The summed E-state index contributed by atoms with van der Waals surface area (Å²) in [5.74, 6) is 2.04. The van der Waals surface area contributed by atoms with Crippen molar-refractivity contribution in [1.82, 2.24) is 0 Å². The van der Waals surface area contributed by atoms with E-state index in [1.165, 1.54) is 18.2 Å². The monoisotopic (exact) mass is 289 g/mol. The van der Waals surface area contributed by atoms with E-state index in [0.717, 1.165) is 0 Å². The quantitative estimate of drug-likeness (QED) is 0.829. The molecule has 0 saturated heterocycles. The number of sulfonamides is 1. The number of aryl methyl sites for hydroxylation is 1. The summed E-state index contributed by atoms with van der Waals surface area (Å²) in [6, 6.07) is 4.31. The van der Waals surface area contributed by atoms with Gasteiger partial charge in [-0.05, 0) is 30.7 Å². The summed E-state index contributed by atoms with van der Waals surface area (Å²) >= 11 is 0. The first-order chi connectivity index (χ1) is 8.86. The first-order valence-electron chi connectivity index (χ1n) is 5.37. The molecule has 0 aliphatic heterocycles. The molecule has 2 N–H and O–H groups in total. The Kier molecular flexibility index (Phi) is 5.27. The maximum Gasteiger partial charge on any atom is 0.355 e. The van der Waals surface area contributed by atoms with Gasteiger partial charge in [-0.1, -0.05) is 11.8 Å². The van der Waals surface area contributed by atoms with E-state index in [9.17, 15) is 17.2 Å². The second kappa shape index (κ2) is 6.50. The Morgan fingerprint density at radius 2 is 2.11 bits per heavy atom. The van der Waals surface area contributed by atoms with Crippen molar-refractivity contribution in [3.63, 3.8) is 0 Å². The lowest BCUT2D eigenvalue weighted by atomic mass is 10.1. The van der Waals surface area contributed by atoms with Crippen LogP contribution in [0.25, 0.3) is 0 Å². The second-order valence-corrected chi connectivity index (χ2v) is 5.36. The zero-order valence-electron chi connectivity index (χ0n) is 10.2. The van der Waals surface area contributed by atoms with Crippen LogP contribution in [0.3, 0.4) is 0 Å². The van der Waals surface area contributed by atoms with Crippen LogP contribution in [-0.4, -0.2) is 25.9 Å². The van der Waals surface area contributed by atoms with Crippen molar-refractivity contribution in [1.29, 1.82) is 0 Å². The van der Waals surface area contributed by atoms with E-state index in [0.29, 0.717) is 17.5 Å². The first-order valence-corrected chi connectivity index (χ1v) is 6.91. The zero-order valence-corrected chi connectivity index (χ0v) is 11.0. The van der Waals surface area contributed by atoms with Gasteiger partial charge in [0.25, 0.3) is 10.0 Å². The van der Waals surface area contributed by atoms with E-state index >= 15 is 0 Å². The summed E-state index contributed by atoms with van der Waals surface area (Å²) < 4.78 is 48.1. The molecular formula is C12H13F2NO3S. The van der Waals surface area contributed by atoms with Gasteiger partial charge in [0.05, 0.1) is 6.61 Å².